The monoisotopic (exact) mass is 681 g/mol. The molecule has 4 aromatic carbocycles. The molecule has 8 nitrogen and oxygen atoms in total. The van der Waals surface area contributed by atoms with Crippen molar-refractivity contribution in [2.24, 2.45) is 0 Å². The number of para-hydroxylation sites is 2. The van der Waals surface area contributed by atoms with Crippen molar-refractivity contribution in [3.05, 3.63) is 139 Å². The summed E-state index contributed by atoms with van der Waals surface area (Å²) in [4.78, 5) is 46.9. The number of esters is 1. The van der Waals surface area contributed by atoms with Crippen LogP contribution >= 0.6 is 32.9 Å². The standard InChI is InChI=1S/C36H31N3O5S3/c1-23(2)31(35(42)44-32(24-14-6-3-7-15-24)25-16-8-4-9-17-25)39-33(41)30(38-29(40)22-43-26-18-10-5-11-19-26)34(39)46-47-36-37-27-20-12-13-21-28(27)45-36/h3-21,30-32,34H,1,22H2,2H3,(H,38,40). The Morgan fingerprint density at radius 3 is 2.13 bits per heavy atom. The molecule has 5 aromatic rings. The second-order valence-electron chi connectivity index (χ2n) is 10.8. The molecule has 47 heavy (non-hydrogen) atoms. The number of likely N-dealkylation sites (tertiary alicyclic amines) is 1. The molecule has 1 fully saturated rings. The van der Waals surface area contributed by atoms with Crippen LogP contribution in [0.25, 0.3) is 10.2 Å². The molecule has 1 saturated heterocycles. The number of ether oxygens (including phenoxy) is 2. The molecule has 0 spiro atoms. The lowest BCUT2D eigenvalue weighted by molar-refractivity contribution is -0.165. The molecule has 1 aliphatic rings. The Balaban J connectivity index is 1.23. The van der Waals surface area contributed by atoms with Crippen LogP contribution in [0.3, 0.4) is 0 Å². The smallest absolute Gasteiger partial charge is 0.334 e. The average Bonchev–Trinajstić information content (AvgIpc) is 3.52. The minimum Gasteiger partial charge on any atom is -0.484 e. The van der Waals surface area contributed by atoms with E-state index in [1.165, 1.54) is 37.8 Å². The third-order valence-electron chi connectivity index (χ3n) is 7.41. The molecule has 11 heteroatoms. The van der Waals surface area contributed by atoms with Gasteiger partial charge in [0.05, 0.1) is 10.2 Å². The Morgan fingerprint density at radius 1 is 0.915 bits per heavy atom. The first-order chi connectivity index (χ1) is 22.9. The van der Waals surface area contributed by atoms with E-state index >= 15 is 0 Å². The number of carbonyl (C=O) groups is 3. The van der Waals surface area contributed by atoms with Gasteiger partial charge in [-0.3, -0.25) is 9.59 Å². The van der Waals surface area contributed by atoms with Crippen molar-refractivity contribution >= 4 is 60.9 Å². The van der Waals surface area contributed by atoms with Gasteiger partial charge in [-0.05, 0) is 58.7 Å². The van der Waals surface area contributed by atoms with Crippen molar-refractivity contribution in [2.45, 2.75) is 34.8 Å². The van der Waals surface area contributed by atoms with E-state index in [0.717, 1.165) is 25.7 Å². The molecule has 6 rings (SSSR count). The van der Waals surface area contributed by atoms with E-state index in [1.807, 2.05) is 103 Å². The number of fused-ring (bicyclic) bond motifs is 1. The van der Waals surface area contributed by atoms with Crippen molar-refractivity contribution in [3.63, 3.8) is 0 Å². The van der Waals surface area contributed by atoms with Crippen LogP contribution in [0, 0.1) is 0 Å². The second-order valence-corrected chi connectivity index (χ2v) is 14.4. The molecule has 0 radical (unpaired) electrons. The zero-order valence-corrected chi connectivity index (χ0v) is 27.8. The van der Waals surface area contributed by atoms with Crippen LogP contribution in [-0.2, 0) is 19.1 Å². The van der Waals surface area contributed by atoms with Gasteiger partial charge < -0.3 is 19.7 Å². The van der Waals surface area contributed by atoms with E-state index < -0.39 is 41.3 Å². The first-order valence-corrected chi connectivity index (χ1v) is 17.9. The van der Waals surface area contributed by atoms with E-state index in [4.69, 9.17) is 14.5 Å². The van der Waals surface area contributed by atoms with Gasteiger partial charge in [0.25, 0.3) is 5.91 Å². The van der Waals surface area contributed by atoms with Crippen LogP contribution in [0.4, 0.5) is 0 Å². The maximum absolute atomic E-state index is 14.0. The summed E-state index contributed by atoms with van der Waals surface area (Å²) in [5.41, 5.74) is 2.91. The quantitative estimate of drug-likeness (QED) is 0.0612. The lowest BCUT2D eigenvalue weighted by atomic mass is 9.98. The van der Waals surface area contributed by atoms with Crippen molar-refractivity contribution in [3.8, 4) is 5.75 Å². The number of β-lactam (4-membered cyclic amide) rings is 1. The fraction of sp³-hybridized carbons (Fsp3) is 0.167. The predicted octanol–water partition coefficient (Wildman–Crippen LogP) is 7.05. The predicted molar refractivity (Wildman–Crippen MR) is 187 cm³/mol. The van der Waals surface area contributed by atoms with E-state index in [9.17, 15) is 14.4 Å². The molecule has 1 aromatic heterocycles. The zero-order chi connectivity index (χ0) is 32.8. The molecule has 0 aliphatic carbocycles. The molecule has 2 heterocycles. The number of benzene rings is 4. The third-order valence-corrected chi connectivity index (χ3v) is 11.4. The van der Waals surface area contributed by atoms with Gasteiger partial charge in [0.2, 0.25) is 5.91 Å². The maximum Gasteiger partial charge on any atom is 0.334 e. The Morgan fingerprint density at radius 2 is 1.51 bits per heavy atom. The molecule has 0 bridgehead atoms. The van der Waals surface area contributed by atoms with Crippen molar-refractivity contribution in [1.29, 1.82) is 0 Å². The number of hydrogen-bond acceptors (Lipinski definition) is 9. The van der Waals surface area contributed by atoms with Crippen LogP contribution in [0.5, 0.6) is 5.75 Å². The number of carbonyl (C=O) groups excluding carboxylic acids is 3. The van der Waals surface area contributed by atoms with Crippen LogP contribution in [0.1, 0.15) is 24.2 Å². The number of thiazole rings is 1. The van der Waals surface area contributed by atoms with Gasteiger partial charge in [0.1, 0.15) is 17.2 Å². The first kappa shape index (κ1) is 32.4. The zero-order valence-electron chi connectivity index (χ0n) is 25.4. The summed E-state index contributed by atoms with van der Waals surface area (Å²) in [6, 6.07) is 33.7. The number of amides is 2. The topological polar surface area (TPSA) is 97.8 Å². The molecule has 0 saturated carbocycles. The number of hydrogen-bond donors (Lipinski definition) is 1. The highest BCUT2D eigenvalue weighted by molar-refractivity contribution is 8.77. The molecule has 1 aliphatic heterocycles. The maximum atomic E-state index is 14.0. The Kier molecular flexibility index (Phi) is 10.3. The fourth-order valence-corrected chi connectivity index (χ4v) is 9.13. The molecule has 3 unspecified atom stereocenters. The van der Waals surface area contributed by atoms with Gasteiger partial charge in [-0.1, -0.05) is 108 Å². The summed E-state index contributed by atoms with van der Waals surface area (Å²) in [7, 11) is 2.74. The van der Waals surface area contributed by atoms with E-state index in [-0.39, 0.29) is 6.61 Å². The number of nitrogens with one attached hydrogen (secondary N) is 1. The SMILES string of the molecule is C=C(C)C(C(=O)OC(c1ccccc1)c1ccccc1)N1C(=O)C(NC(=O)COc2ccccc2)C1SSc1nc2ccccc2s1. The highest BCUT2D eigenvalue weighted by Crippen LogP contribution is 2.45. The number of nitrogens with zero attached hydrogens (tertiary/aromatic N) is 2. The van der Waals surface area contributed by atoms with Crippen molar-refractivity contribution in [2.75, 3.05) is 6.61 Å². The van der Waals surface area contributed by atoms with Crippen LogP contribution in [0.15, 0.2) is 132 Å². The normalized spacial score (nSPS) is 16.4. The summed E-state index contributed by atoms with van der Waals surface area (Å²) in [5.74, 6) is -0.944. The van der Waals surface area contributed by atoms with Gasteiger partial charge >= 0.3 is 5.97 Å². The minimum absolute atomic E-state index is 0.266. The highest BCUT2D eigenvalue weighted by atomic mass is 33.1. The highest BCUT2D eigenvalue weighted by Gasteiger charge is 2.54. The van der Waals surface area contributed by atoms with Gasteiger partial charge in [0, 0.05) is 0 Å². The Bertz CT molecular complexity index is 1800. The summed E-state index contributed by atoms with van der Waals surface area (Å²) in [6.45, 7) is 5.50. The molecular formula is C36H31N3O5S3. The Labute approximate surface area is 284 Å². The minimum atomic E-state index is -1.08. The molecule has 238 valence electrons. The van der Waals surface area contributed by atoms with Crippen LogP contribution in [0.2, 0.25) is 0 Å². The van der Waals surface area contributed by atoms with Gasteiger partial charge in [0.15, 0.2) is 23.1 Å². The van der Waals surface area contributed by atoms with E-state index in [1.54, 1.807) is 19.1 Å². The largest absolute Gasteiger partial charge is 0.484 e. The van der Waals surface area contributed by atoms with E-state index in [0.29, 0.717) is 11.3 Å². The summed E-state index contributed by atoms with van der Waals surface area (Å²) in [5, 5.41) is 2.19. The second kappa shape index (κ2) is 14.9. The Hall–Kier alpha value is -4.58. The summed E-state index contributed by atoms with van der Waals surface area (Å²) in [6.07, 6.45) is -0.697. The summed E-state index contributed by atoms with van der Waals surface area (Å²) < 4.78 is 13.6. The van der Waals surface area contributed by atoms with Crippen molar-refractivity contribution < 1.29 is 23.9 Å². The fourth-order valence-electron chi connectivity index (χ4n) is 5.17. The van der Waals surface area contributed by atoms with Crippen LogP contribution in [-0.4, -0.2) is 51.7 Å². The van der Waals surface area contributed by atoms with Gasteiger partial charge in [-0.15, -0.1) is 11.3 Å². The number of rotatable bonds is 13. The number of aromatic nitrogens is 1. The third kappa shape index (κ3) is 7.54. The molecule has 2 amide bonds. The lowest BCUT2D eigenvalue weighted by Crippen LogP contribution is -2.73. The molecule has 3 atom stereocenters. The van der Waals surface area contributed by atoms with Crippen LogP contribution < -0.4 is 10.1 Å². The lowest BCUT2D eigenvalue weighted by Gasteiger charge is -2.49. The molecule has 1 N–H and O–H groups in total. The van der Waals surface area contributed by atoms with E-state index in [2.05, 4.69) is 11.9 Å². The van der Waals surface area contributed by atoms with Crippen molar-refractivity contribution in [1.82, 2.24) is 15.2 Å². The molecular weight excluding hydrogens is 651 g/mol. The van der Waals surface area contributed by atoms with Gasteiger partial charge in [-0.25, -0.2) is 9.78 Å². The summed E-state index contributed by atoms with van der Waals surface area (Å²) >= 11 is 1.53. The first-order valence-electron chi connectivity index (χ1n) is 14.8. The van der Waals surface area contributed by atoms with Gasteiger partial charge in [-0.2, -0.15) is 0 Å². The average molecular weight is 682 g/mol.